The number of aliphatic hydroxyl groups is 1. The molecule has 2 nitrogen and oxygen atoms in total. The van der Waals surface area contributed by atoms with E-state index in [1.54, 1.807) is 6.26 Å². The lowest BCUT2D eigenvalue weighted by Gasteiger charge is -2.11. The summed E-state index contributed by atoms with van der Waals surface area (Å²) in [6.45, 7) is 0.0173. The molecule has 1 heterocycles. The van der Waals surface area contributed by atoms with Gasteiger partial charge in [0.05, 0.1) is 23.1 Å². The van der Waals surface area contributed by atoms with Crippen LogP contribution in [-0.2, 0) is 0 Å². The van der Waals surface area contributed by atoms with Gasteiger partial charge < -0.3 is 9.52 Å². The van der Waals surface area contributed by atoms with E-state index in [2.05, 4.69) is 0 Å². The highest BCUT2D eigenvalue weighted by atomic mass is 35.5. The molecule has 16 heavy (non-hydrogen) atoms. The van der Waals surface area contributed by atoms with Crippen LogP contribution in [0.4, 0.5) is 0 Å². The minimum Gasteiger partial charge on any atom is -0.468 e. The zero-order chi connectivity index (χ0) is 11.4. The quantitative estimate of drug-likeness (QED) is 0.844. The third kappa shape index (κ3) is 2.61. The van der Waals surface area contributed by atoms with Crippen molar-refractivity contribution in [3.05, 3.63) is 53.4 Å². The summed E-state index contributed by atoms with van der Waals surface area (Å²) in [7, 11) is 0. The third-order valence-corrected chi connectivity index (χ3v) is 3.85. The Kier molecular flexibility index (Phi) is 3.93. The molecule has 1 aromatic carbocycles. The Hall–Kier alpha value is -0.900. The van der Waals surface area contributed by atoms with Crippen molar-refractivity contribution in [2.45, 2.75) is 10.1 Å². The molecule has 84 valence electrons. The lowest BCUT2D eigenvalue weighted by atomic mass is 10.3. The summed E-state index contributed by atoms with van der Waals surface area (Å²) in [6, 6.07) is 11.2. The average molecular weight is 255 g/mol. The fourth-order valence-corrected chi connectivity index (χ4v) is 2.59. The van der Waals surface area contributed by atoms with Gasteiger partial charge >= 0.3 is 0 Å². The summed E-state index contributed by atoms with van der Waals surface area (Å²) in [4.78, 5) is 0.944. The summed E-state index contributed by atoms with van der Waals surface area (Å²) < 4.78 is 5.27. The maximum Gasteiger partial charge on any atom is 0.119 e. The zero-order valence-corrected chi connectivity index (χ0v) is 10.0. The van der Waals surface area contributed by atoms with E-state index in [0.29, 0.717) is 5.02 Å². The van der Waals surface area contributed by atoms with Gasteiger partial charge in [-0.2, -0.15) is 0 Å². The molecule has 0 aliphatic heterocycles. The SMILES string of the molecule is OC[C@H](Sc1ccccc1Cl)c1ccco1. The highest BCUT2D eigenvalue weighted by Crippen LogP contribution is 2.38. The lowest BCUT2D eigenvalue weighted by molar-refractivity contribution is 0.284. The number of hydrogen-bond acceptors (Lipinski definition) is 3. The van der Waals surface area contributed by atoms with Crippen LogP contribution in [0.15, 0.2) is 52.0 Å². The zero-order valence-electron chi connectivity index (χ0n) is 8.47. The second kappa shape index (κ2) is 5.43. The van der Waals surface area contributed by atoms with Gasteiger partial charge in [-0.1, -0.05) is 23.7 Å². The monoisotopic (exact) mass is 254 g/mol. The minimum atomic E-state index is -0.116. The summed E-state index contributed by atoms with van der Waals surface area (Å²) in [5.74, 6) is 0.757. The lowest BCUT2D eigenvalue weighted by Crippen LogP contribution is -1.97. The molecule has 0 bridgehead atoms. The predicted octanol–water partition coefficient (Wildman–Crippen LogP) is 3.76. The first-order chi connectivity index (χ1) is 7.81. The number of hydrogen-bond donors (Lipinski definition) is 1. The van der Waals surface area contributed by atoms with E-state index in [0.717, 1.165) is 10.7 Å². The molecule has 2 rings (SSSR count). The maximum atomic E-state index is 9.33. The van der Waals surface area contributed by atoms with Crippen molar-refractivity contribution in [2.75, 3.05) is 6.61 Å². The number of thioether (sulfide) groups is 1. The summed E-state index contributed by atoms with van der Waals surface area (Å²) >= 11 is 7.55. The van der Waals surface area contributed by atoms with Crippen molar-refractivity contribution >= 4 is 23.4 Å². The highest BCUT2D eigenvalue weighted by molar-refractivity contribution is 7.99. The molecule has 0 amide bonds. The predicted molar refractivity (Wildman–Crippen MR) is 65.8 cm³/mol. The third-order valence-electron chi connectivity index (χ3n) is 2.13. The van der Waals surface area contributed by atoms with E-state index in [9.17, 15) is 5.11 Å². The first kappa shape index (κ1) is 11.6. The molecule has 1 aromatic heterocycles. The molecule has 1 atom stereocenters. The Labute approximate surface area is 103 Å². The van der Waals surface area contributed by atoms with E-state index in [-0.39, 0.29) is 11.9 Å². The molecule has 0 unspecified atom stereocenters. The van der Waals surface area contributed by atoms with Crippen molar-refractivity contribution in [1.82, 2.24) is 0 Å². The Morgan fingerprint density at radius 2 is 2.06 bits per heavy atom. The normalized spacial score (nSPS) is 12.6. The minimum absolute atomic E-state index is 0.0173. The second-order valence-corrected chi connectivity index (χ2v) is 4.89. The fraction of sp³-hybridized carbons (Fsp3) is 0.167. The molecule has 0 aliphatic carbocycles. The Morgan fingerprint density at radius 3 is 2.69 bits per heavy atom. The van der Waals surface area contributed by atoms with Gasteiger partial charge in [0.25, 0.3) is 0 Å². The van der Waals surface area contributed by atoms with Crippen LogP contribution in [-0.4, -0.2) is 11.7 Å². The van der Waals surface area contributed by atoms with Crippen molar-refractivity contribution < 1.29 is 9.52 Å². The van der Waals surface area contributed by atoms with Gasteiger partial charge in [-0.3, -0.25) is 0 Å². The summed E-state index contributed by atoms with van der Waals surface area (Å²) in [5, 5.41) is 9.90. The molecule has 0 saturated heterocycles. The summed E-state index contributed by atoms with van der Waals surface area (Å²) in [5.41, 5.74) is 0. The molecule has 2 aromatic rings. The van der Waals surface area contributed by atoms with Gasteiger partial charge in [-0.25, -0.2) is 0 Å². The smallest absolute Gasteiger partial charge is 0.119 e. The molecule has 0 saturated carbocycles. The van der Waals surface area contributed by atoms with Crippen LogP contribution in [0.2, 0.25) is 5.02 Å². The largest absolute Gasteiger partial charge is 0.468 e. The van der Waals surface area contributed by atoms with Gasteiger partial charge in [0.1, 0.15) is 5.76 Å². The number of aliphatic hydroxyl groups excluding tert-OH is 1. The van der Waals surface area contributed by atoms with Gasteiger partial charge in [0, 0.05) is 4.90 Å². The van der Waals surface area contributed by atoms with E-state index in [4.69, 9.17) is 16.0 Å². The molecule has 1 N–H and O–H groups in total. The van der Waals surface area contributed by atoms with Crippen LogP contribution in [0.3, 0.4) is 0 Å². The first-order valence-corrected chi connectivity index (χ1v) is 6.12. The number of rotatable bonds is 4. The molecular formula is C12H11ClO2S. The number of furan rings is 1. The molecule has 4 heteroatoms. The van der Waals surface area contributed by atoms with Crippen LogP contribution in [0.5, 0.6) is 0 Å². The Morgan fingerprint density at radius 1 is 1.25 bits per heavy atom. The van der Waals surface area contributed by atoms with E-state index in [1.807, 2.05) is 36.4 Å². The van der Waals surface area contributed by atoms with Gasteiger partial charge in [0.15, 0.2) is 0 Å². The Balaban J connectivity index is 2.17. The van der Waals surface area contributed by atoms with Gasteiger partial charge in [-0.05, 0) is 24.3 Å². The topological polar surface area (TPSA) is 33.4 Å². The average Bonchev–Trinajstić information content (AvgIpc) is 2.81. The Bertz CT molecular complexity index is 442. The van der Waals surface area contributed by atoms with E-state index in [1.165, 1.54) is 11.8 Å². The van der Waals surface area contributed by atoms with Crippen LogP contribution in [0, 0.1) is 0 Å². The standard InChI is InChI=1S/C12H11ClO2S/c13-9-4-1-2-6-11(9)16-12(8-14)10-5-3-7-15-10/h1-7,12,14H,8H2/t12-/m0/s1. The molecule has 0 fully saturated rings. The van der Waals surface area contributed by atoms with Crippen molar-refractivity contribution in [3.63, 3.8) is 0 Å². The second-order valence-electron chi connectivity index (χ2n) is 3.23. The van der Waals surface area contributed by atoms with Crippen LogP contribution < -0.4 is 0 Å². The van der Waals surface area contributed by atoms with Crippen molar-refractivity contribution in [2.24, 2.45) is 0 Å². The maximum absolute atomic E-state index is 9.33. The van der Waals surface area contributed by atoms with E-state index >= 15 is 0 Å². The molecular weight excluding hydrogens is 244 g/mol. The van der Waals surface area contributed by atoms with Crippen molar-refractivity contribution in [3.8, 4) is 0 Å². The van der Waals surface area contributed by atoms with E-state index < -0.39 is 0 Å². The summed E-state index contributed by atoms with van der Waals surface area (Å²) in [6.07, 6.45) is 1.60. The first-order valence-electron chi connectivity index (χ1n) is 4.86. The van der Waals surface area contributed by atoms with Crippen molar-refractivity contribution in [1.29, 1.82) is 0 Å². The molecule has 0 radical (unpaired) electrons. The number of benzene rings is 1. The molecule has 0 aliphatic rings. The highest BCUT2D eigenvalue weighted by Gasteiger charge is 2.16. The van der Waals surface area contributed by atoms with Crippen LogP contribution >= 0.6 is 23.4 Å². The van der Waals surface area contributed by atoms with Crippen LogP contribution in [0.1, 0.15) is 11.0 Å². The molecule has 0 spiro atoms. The van der Waals surface area contributed by atoms with Gasteiger partial charge in [0.2, 0.25) is 0 Å². The number of halogens is 1. The van der Waals surface area contributed by atoms with Gasteiger partial charge in [-0.15, -0.1) is 11.8 Å². The van der Waals surface area contributed by atoms with Crippen LogP contribution in [0.25, 0.3) is 0 Å². The fourth-order valence-electron chi connectivity index (χ4n) is 1.35.